The Kier molecular flexibility index (Phi) is 4.24. The summed E-state index contributed by atoms with van der Waals surface area (Å²) in [5.74, 6) is 0.0413. The number of carbonyl (C=O) groups is 1. The molecule has 2 fully saturated rings. The molecule has 1 amide bonds. The molecule has 0 saturated carbocycles. The average molecular weight is 311 g/mol. The van der Waals surface area contributed by atoms with Crippen LogP contribution in [0.2, 0.25) is 5.02 Å². The van der Waals surface area contributed by atoms with Crippen molar-refractivity contribution in [2.75, 3.05) is 26.2 Å². The van der Waals surface area contributed by atoms with Crippen molar-refractivity contribution in [2.45, 2.75) is 30.2 Å². The summed E-state index contributed by atoms with van der Waals surface area (Å²) in [6.45, 7) is 3.93. The van der Waals surface area contributed by atoms with Crippen molar-refractivity contribution in [3.63, 3.8) is 0 Å². The van der Waals surface area contributed by atoms with Crippen LogP contribution < -0.4 is 0 Å². The highest BCUT2D eigenvalue weighted by atomic mass is 35.5. The van der Waals surface area contributed by atoms with Crippen molar-refractivity contribution in [2.24, 2.45) is 0 Å². The van der Waals surface area contributed by atoms with Gasteiger partial charge >= 0.3 is 0 Å². The Labute approximate surface area is 130 Å². The van der Waals surface area contributed by atoms with E-state index in [1.807, 2.05) is 11.0 Å². The Morgan fingerprint density at radius 3 is 2.90 bits per heavy atom. The fraction of sp³-hybridized carbons (Fsp3) is 0.533. The summed E-state index contributed by atoms with van der Waals surface area (Å²) in [5, 5.41) is 0.514. The molecule has 3 nitrogen and oxygen atoms in total. The number of halogens is 1. The lowest BCUT2D eigenvalue weighted by molar-refractivity contribution is 0.0743. The van der Waals surface area contributed by atoms with E-state index >= 15 is 0 Å². The smallest absolute Gasteiger partial charge is 0.255 e. The van der Waals surface area contributed by atoms with E-state index in [-0.39, 0.29) is 5.91 Å². The molecule has 2 saturated heterocycles. The third kappa shape index (κ3) is 2.83. The quantitative estimate of drug-likeness (QED) is 0.806. The van der Waals surface area contributed by atoms with Crippen molar-refractivity contribution >= 4 is 30.1 Å². The topological polar surface area (TPSA) is 23.6 Å². The highest BCUT2D eigenvalue weighted by molar-refractivity contribution is 7.80. The van der Waals surface area contributed by atoms with Crippen molar-refractivity contribution in [3.05, 3.63) is 28.8 Å². The Balaban J connectivity index is 1.80. The van der Waals surface area contributed by atoms with Gasteiger partial charge in [0.2, 0.25) is 0 Å². The first-order chi connectivity index (χ1) is 9.65. The number of thiol groups is 1. The maximum Gasteiger partial charge on any atom is 0.255 e. The minimum Gasteiger partial charge on any atom is -0.337 e. The van der Waals surface area contributed by atoms with Crippen LogP contribution in [0.25, 0.3) is 0 Å². The highest BCUT2D eigenvalue weighted by Crippen LogP contribution is 2.25. The molecule has 2 heterocycles. The molecule has 1 atom stereocenters. The maximum atomic E-state index is 12.7. The van der Waals surface area contributed by atoms with E-state index in [0.29, 0.717) is 16.6 Å². The highest BCUT2D eigenvalue weighted by Gasteiger charge is 2.31. The zero-order chi connectivity index (χ0) is 14.1. The summed E-state index contributed by atoms with van der Waals surface area (Å²) >= 11 is 10.5. The molecule has 1 aromatic rings. The standard InChI is InChI=1S/C15H19ClN2OS/c16-14-5-4-12(20)9-13(14)15(19)18-8-2-7-17-6-1-3-11(17)10-18/h4-5,9,11,20H,1-3,6-8,10H2. The van der Waals surface area contributed by atoms with Gasteiger partial charge in [-0.1, -0.05) is 11.6 Å². The van der Waals surface area contributed by atoms with Crippen molar-refractivity contribution in [1.29, 1.82) is 0 Å². The van der Waals surface area contributed by atoms with Gasteiger partial charge in [-0.25, -0.2) is 0 Å². The van der Waals surface area contributed by atoms with Gasteiger partial charge in [0, 0.05) is 30.6 Å². The molecule has 0 aliphatic carbocycles. The van der Waals surface area contributed by atoms with Crippen LogP contribution in [0.3, 0.4) is 0 Å². The summed E-state index contributed by atoms with van der Waals surface area (Å²) in [5.41, 5.74) is 0.575. The van der Waals surface area contributed by atoms with Crippen LogP contribution in [-0.4, -0.2) is 47.9 Å². The van der Waals surface area contributed by atoms with Gasteiger partial charge in [0.1, 0.15) is 0 Å². The first-order valence-electron chi connectivity index (χ1n) is 7.17. The van der Waals surface area contributed by atoms with Crippen molar-refractivity contribution < 1.29 is 4.79 Å². The Bertz CT molecular complexity index is 523. The molecule has 2 aliphatic rings. The van der Waals surface area contributed by atoms with Crippen molar-refractivity contribution in [3.8, 4) is 0 Å². The van der Waals surface area contributed by atoms with Crippen LogP contribution in [0.4, 0.5) is 0 Å². The van der Waals surface area contributed by atoms with Crippen LogP contribution >= 0.6 is 24.2 Å². The Morgan fingerprint density at radius 2 is 2.05 bits per heavy atom. The number of amides is 1. The van der Waals surface area contributed by atoms with Crippen LogP contribution in [0.15, 0.2) is 23.1 Å². The number of carbonyl (C=O) groups excluding carboxylic acids is 1. The van der Waals surface area contributed by atoms with Gasteiger partial charge in [-0.2, -0.15) is 0 Å². The number of nitrogens with zero attached hydrogens (tertiary/aromatic N) is 2. The first-order valence-corrected chi connectivity index (χ1v) is 7.99. The SMILES string of the molecule is O=C(c1cc(S)ccc1Cl)N1CCCN2CCCC2C1. The van der Waals surface area contributed by atoms with Gasteiger partial charge in [0.05, 0.1) is 10.6 Å². The van der Waals surface area contributed by atoms with Gasteiger partial charge in [-0.15, -0.1) is 12.6 Å². The Hall–Kier alpha value is -0.710. The second-order valence-electron chi connectivity index (χ2n) is 5.60. The third-order valence-electron chi connectivity index (χ3n) is 4.27. The minimum absolute atomic E-state index is 0.0413. The summed E-state index contributed by atoms with van der Waals surface area (Å²) in [7, 11) is 0. The van der Waals surface area contributed by atoms with E-state index in [4.69, 9.17) is 11.6 Å². The molecule has 1 unspecified atom stereocenters. The number of rotatable bonds is 1. The second kappa shape index (κ2) is 5.96. The summed E-state index contributed by atoms with van der Waals surface area (Å²) in [4.78, 5) is 18.0. The maximum absolute atomic E-state index is 12.7. The van der Waals surface area contributed by atoms with E-state index < -0.39 is 0 Å². The summed E-state index contributed by atoms with van der Waals surface area (Å²) in [6.07, 6.45) is 3.49. The van der Waals surface area contributed by atoms with Gasteiger partial charge in [0.15, 0.2) is 0 Å². The van der Waals surface area contributed by atoms with Crippen LogP contribution in [0.5, 0.6) is 0 Å². The zero-order valence-electron chi connectivity index (χ0n) is 11.4. The molecule has 20 heavy (non-hydrogen) atoms. The van der Waals surface area contributed by atoms with E-state index in [0.717, 1.165) is 31.0 Å². The van der Waals surface area contributed by atoms with E-state index in [2.05, 4.69) is 17.5 Å². The van der Waals surface area contributed by atoms with Gasteiger partial charge in [-0.05, 0) is 44.0 Å². The fourth-order valence-corrected chi connectivity index (χ4v) is 3.64. The zero-order valence-corrected chi connectivity index (χ0v) is 13.0. The minimum atomic E-state index is 0.0413. The van der Waals surface area contributed by atoms with E-state index in [1.165, 1.54) is 19.4 Å². The van der Waals surface area contributed by atoms with Crippen LogP contribution in [0.1, 0.15) is 29.6 Å². The number of hydrogen-bond acceptors (Lipinski definition) is 3. The lowest BCUT2D eigenvalue weighted by Crippen LogP contribution is -2.39. The lowest BCUT2D eigenvalue weighted by Gasteiger charge is -2.26. The third-order valence-corrected chi connectivity index (χ3v) is 4.88. The molecule has 1 aromatic carbocycles. The fourth-order valence-electron chi connectivity index (χ4n) is 3.24. The molecule has 5 heteroatoms. The van der Waals surface area contributed by atoms with Gasteiger partial charge in [-0.3, -0.25) is 9.69 Å². The molecular formula is C15H19ClN2OS. The van der Waals surface area contributed by atoms with Crippen LogP contribution in [0, 0.1) is 0 Å². The summed E-state index contributed by atoms with van der Waals surface area (Å²) in [6, 6.07) is 5.85. The predicted octanol–water partition coefficient (Wildman–Crippen LogP) is 2.94. The first kappa shape index (κ1) is 14.2. The van der Waals surface area contributed by atoms with Crippen molar-refractivity contribution in [1.82, 2.24) is 9.80 Å². The molecular weight excluding hydrogens is 292 g/mol. The van der Waals surface area contributed by atoms with Gasteiger partial charge < -0.3 is 4.90 Å². The molecule has 108 valence electrons. The monoisotopic (exact) mass is 310 g/mol. The van der Waals surface area contributed by atoms with Crippen LogP contribution in [-0.2, 0) is 0 Å². The molecule has 0 spiro atoms. The molecule has 0 aromatic heterocycles. The Morgan fingerprint density at radius 1 is 1.25 bits per heavy atom. The number of benzene rings is 1. The van der Waals surface area contributed by atoms with E-state index in [1.54, 1.807) is 12.1 Å². The predicted molar refractivity (Wildman–Crippen MR) is 83.8 cm³/mol. The average Bonchev–Trinajstić information content (AvgIpc) is 2.78. The van der Waals surface area contributed by atoms with E-state index in [9.17, 15) is 4.79 Å². The summed E-state index contributed by atoms with van der Waals surface area (Å²) < 4.78 is 0. The second-order valence-corrected chi connectivity index (χ2v) is 6.52. The molecule has 0 N–H and O–H groups in total. The molecule has 2 aliphatic heterocycles. The molecule has 3 rings (SSSR count). The molecule has 0 radical (unpaired) electrons. The number of hydrogen-bond donors (Lipinski definition) is 1. The molecule has 0 bridgehead atoms. The van der Waals surface area contributed by atoms with Gasteiger partial charge in [0.25, 0.3) is 5.91 Å². The largest absolute Gasteiger partial charge is 0.337 e. The number of fused-ring (bicyclic) bond motifs is 1. The normalized spacial score (nSPS) is 23.5. The lowest BCUT2D eigenvalue weighted by atomic mass is 10.1.